The summed E-state index contributed by atoms with van der Waals surface area (Å²) in [5, 5.41) is 5.13. The number of fused-ring (bicyclic) bond motifs is 1. The average Bonchev–Trinajstić information content (AvgIpc) is 2.49. The molecule has 0 aliphatic rings. The lowest BCUT2D eigenvalue weighted by Crippen LogP contribution is -1.87. The van der Waals surface area contributed by atoms with E-state index in [1.807, 2.05) is 6.92 Å². The predicted molar refractivity (Wildman–Crippen MR) is 57.9 cm³/mol. The Balaban J connectivity index is 2.66. The summed E-state index contributed by atoms with van der Waals surface area (Å²) in [6.07, 6.45) is 0.761. The van der Waals surface area contributed by atoms with Crippen LogP contribution >= 0.6 is 11.6 Å². The van der Waals surface area contributed by atoms with E-state index in [1.54, 1.807) is 0 Å². The molecule has 0 aliphatic carbocycles. The van der Waals surface area contributed by atoms with Crippen LogP contribution in [0, 0.1) is 13.8 Å². The summed E-state index contributed by atoms with van der Waals surface area (Å²) in [5.41, 5.74) is 4.21. The van der Waals surface area contributed by atoms with Gasteiger partial charge in [-0.3, -0.25) is 0 Å². The third-order valence-corrected chi connectivity index (χ3v) is 2.50. The molecular weight excluding hydrogens is 198 g/mol. The van der Waals surface area contributed by atoms with Gasteiger partial charge in [-0.1, -0.05) is 11.2 Å². The summed E-state index contributed by atoms with van der Waals surface area (Å²) in [6, 6.07) is 4.19. The van der Waals surface area contributed by atoms with Gasteiger partial charge in [-0.2, -0.15) is 0 Å². The van der Waals surface area contributed by atoms with Gasteiger partial charge in [0.2, 0.25) is 0 Å². The zero-order valence-electron chi connectivity index (χ0n) is 8.30. The lowest BCUT2D eigenvalue weighted by molar-refractivity contribution is 0.446. The molecule has 0 radical (unpaired) electrons. The van der Waals surface area contributed by atoms with E-state index in [4.69, 9.17) is 16.1 Å². The monoisotopic (exact) mass is 209 g/mol. The van der Waals surface area contributed by atoms with Gasteiger partial charge in [-0.05, 0) is 31.0 Å². The largest absolute Gasteiger partial charge is 0.356 e. The molecule has 2 rings (SSSR count). The van der Waals surface area contributed by atoms with Crippen molar-refractivity contribution in [3.63, 3.8) is 0 Å². The number of benzene rings is 1. The highest BCUT2D eigenvalue weighted by molar-refractivity contribution is 6.18. The zero-order chi connectivity index (χ0) is 10.1. The Morgan fingerprint density at radius 3 is 2.86 bits per heavy atom. The van der Waals surface area contributed by atoms with Gasteiger partial charge in [0.1, 0.15) is 0 Å². The minimum absolute atomic E-state index is 0.578. The van der Waals surface area contributed by atoms with Crippen molar-refractivity contribution < 1.29 is 4.52 Å². The van der Waals surface area contributed by atoms with E-state index < -0.39 is 0 Å². The van der Waals surface area contributed by atoms with E-state index in [9.17, 15) is 0 Å². The third-order valence-electron chi connectivity index (χ3n) is 2.31. The molecule has 1 heterocycles. The molecule has 0 spiro atoms. The maximum absolute atomic E-state index is 5.69. The Kier molecular flexibility index (Phi) is 2.46. The topological polar surface area (TPSA) is 26.0 Å². The van der Waals surface area contributed by atoms with Crippen molar-refractivity contribution in [2.45, 2.75) is 20.3 Å². The Morgan fingerprint density at radius 2 is 2.14 bits per heavy atom. The van der Waals surface area contributed by atoms with E-state index in [2.05, 4.69) is 24.2 Å². The minimum atomic E-state index is 0.578. The van der Waals surface area contributed by atoms with Crippen LogP contribution in [0.3, 0.4) is 0 Å². The Hall–Kier alpha value is -1.02. The smallest absolute Gasteiger partial charge is 0.170 e. The van der Waals surface area contributed by atoms with Gasteiger partial charge >= 0.3 is 0 Å². The summed E-state index contributed by atoms with van der Waals surface area (Å²) in [4.78, 5) is 0. The molecule has 0 saturated heterocycles. The summed E-state index contributed by atoms with van der Waals surface area (Å²) in [6.45, 7) is 4.11. The molecule has 1 aromatic heterocycles. The standard InChI is InChI=1S/C11H12ClNO/c1-7-5-8(2)11-9(6-7)10(3-4-12)13-14-11/h5-6H,3-4H2,1-2H3. The van der Waals surface area contributed by atoms with E-state index in [-0.39, 0.29) is 0 Å². The van der Waals surface area contributed by atoms with Crippen LogP contribution in [0.15, 0.2) is 16.7 Å². The first-order valence-corrected chi connectivity index (χ1v) is 5.17. The fraction of sp³-hybridized carbons (Fsp3) is 0.364. The normalized spacial score (nSPS) is 11.1. The molecule has 0 fully saturated rings. The van der Waals surface area contributed by atoms with Gasteiger partial charge in [0, 0.05) is 17.7 Å². The van der Waals surface area contributed by atoms with E-state index >= 15 is 0 Å². The van der Waals surface area contributed by atoms with Crippen molar-refractivity contribution in [3.05, 3.63) is 29.0 Å². The third kappa shape index (κ3) is 1.50. The maximum Gasteiger partial charge on any atom is 0.170 e. The SMILES string of the molecule is Cc1cc(C)c2onc(CCCl)c2c1. The second-order valence-corrected chi connectivity index (χ2v) is 3.90. The molecule has 0 bridgehead atoms. The highest BCUT2D eigenvalue weighted by Gasteiger charge is 2.09. The van der Waals surface area contributed by atoms with Crippen LogP contribution in [0.2, 0.25) is 0 Å². The molecule has 0 atom stereocenters. The highest BCUT2D eigenvalue weighted by atomic mass is 35.5. The van der Waals surface area contributed by atoms with Gasteiger partial charge in [-0.15, -0.1) is 11.6 Å². The number of aryl methyl sites for hydroxylation is 3. The number of hydrogen-bond acceptors (Lipinski definition) is 2. The second kappa shape index (κ2) is 3.62. The molecule has 0 amide bonds. The first-order chi connectivity index (χ1) is 6.72. The van der Waals surface area contributed by atoms with Gasteiger partial charge in [0.15, 0.2) is 5.58 Å². The highest BCUT2D eigenvalue weighted by Crippen LogP contribution is 2.24. The van der Waals surface area contributed by atoms with Crippen LogP contribution in [0.5, 0.6) is 0 Å². The summed E-state index contributed by atoms with van der Waals surface area (Å²) in [7, 11) is 0. The number of aromatic nitrogens is 1. The van der Waals surface area contributed by atoms with Crippen molar-refractivity contribution in [2.24, 2.45) is 0 Å². The van der Waals surface area contributed by atoms with Crippen LogP contribution < -0.4 is 0 Å². The van der Waals surface area contributed by atoms with E-state index in [0.29, 0.717) is 5.88 Å². The maximum atomic E-state index is 5.69. The summed E-state index contributed by atoms with van der Waals surface area (Å²) < 4.78 is 5.28. The van der Waals surface area contributed by atoms with Crippen molar-refractivity contribution in [2.75, 3.05) is 5.88 Å². The number of nitrogens with zero attached hydrogens (tertiary/aromatic N) is 1. The lowest BCUT2D eigenvalue weighted by Gasteiger charge is -1.97. The van der Waals surface area contributed by atoms with Crippen LogP contribution in [0.25, 0.3) is 11.0 Å². The molecule has 2 nitrogen and oxygen atoms in total. The molecule has 14 heavy (non-hydrogen) atoms. The molecule has 3 heteroatoms. The Bertz CT molecular complexity index is 462. The number of alkyl halides is 1. The molecule has 74 valence electrons. The second-order valence-electron chi connectivity index (χ2n) is 3.53. The van der Waals surface area contributed by atoms with Crippen LogP contribution in [-0.4, -0.2) is 11.0 Å². The molecule has 2 aromatic rings. The molecule has 1 aromatic carbocycles. The lowest BCUT2D eigenvalue weighted by atomic mass is 10.1. The van der Waals surface area contributed by atoms with Crippen molar-refractivity contribution in [3.8, 4) is 0 Å². The van der Waals surface area contributed by atoms with Crippen LogP contribution in [0.1, 0.15) is 16.8 Å². The fourth-order valence-corrected chi connectivity index (χ4v) is 1.89. The predicted octanol–water partition coefficient (Wildman–Crippen LogP) is 3.23. The number of hydrogen-bond donors (Lipinski definition) is 0. The quantitative estimate of drug-likeness (QED) is 0.710. The Morgan fingerprint density at radius 1 is 1.36 bits per heavy atom. The van der Waals surface area contributed by atoms with E-state index in [1.165, 1.54) is 5.56 Å². The van der Waals surface area contributed by atoms with Crippen molar-refractivity contribution in [1.82, 2.24) is 5.16 Å². The van der Waals surface area contributed by atoms with E-state index in [0.717, 1.165) is 28.6 Å². The minimum Gasteiger partial charge on any atom is -0.356 e. The zero-order valence-corrected chi connectivity index (χ0v) is 9.06. The van der Waals surface area contributed by atoms with Gasteiger partial charge in [0.05, 0.1) is 5.69 Å². The molecule has 0 aliphatic heterocycles. The van der Waals surface area contributed by atoms with Gasteiger partial charge < -0.3 is 4.52 Å². The van der Waals surface area contributed by atoms with Gasteiger partial charge in [-0.25, -0.2) is 0 Å². The van der Waals surface area contributed by atoms with Crippen molar-refractivity contribution >= 4 is 22.6 Å². The number of rotatable bonds is 2. The van der Waals surface area contributed by atoms with Crippen molar-refractivity contribution in [1.29, 1.82) is 0 Å². The first kappa shape index (κ1) is 9.53. The molecule has 0 saturated carbocycles. The van der Waals surface area contributed by atoms with Crippen LogP contribution in [0.4, 0.5) is 0 Å². The fourth-order valence-electron chi connectivity index (χ4n) is 1.71. The summed E-state index contributed by atoms with van der Waals surface area (Å²) in [5.74, 6) is 0.578. The first-order valence-electron chi connectivity index (χ1n) is 4.64. The average molecular weight is 210 g/mol. The van der Waals surface area contributed by atoms with Crippen LogP contribution in [-0.2, 0) is 6.42 Å². The number of halogens is 1. The Labute approximate surface area is 87.8 Å². The molecular formula is C11H12ClNO. The summed E-state index contributed by atoms with van der Waals surface area (Å²) >= 11 is 5.69. The van der Waals surface area contributed by atoms with Gasteiger partial charge in [0.25, 0.3) is 0 Å². The molecule has 0 N–H and O–H groups in total. The molecule has 0 unspecified atom stereocenters.